The van der Waals surface area contributed by atoms with Crippen LogP contribution in [0.5, 0.6) is 0 Å². The average Bonchev–Trinajstić information content (AvgIpc) is 2.86. The third-order valence-electron chi connectivity index (χ3n) is 3.14. The highest BCUT2D eigenvalue weighted by atomic mass is 15.4. The maximum absolute atomic E-state index is 4.16. The van der Waals surface area contributed by atoms with Crippen LogP contribution in [0.2, 0.25) is 0 Å². The van der Waals surface area contributed by atoms with E-state index in [1.54, 1.807) is 0 Å². The highest BCUT2D eigenvalue weighted by Crippen LogP contribution is 2.09. The van der Waals surface area contributed by atoms with Crippen LogP contribution in [0.15, 0.2) is 30.5 Å². The summed E-state index contributed by atoms with van der Waals surface area (Å²) >= 11 is 0. The van der Waals surface area contributed by atoms with Gasteiger partial charge in [0.05, 0.1) is 5.69 Å². The van der Waals surface area contributed by atoms with Gasteiger partial charge in [0.25, 0.3) is 0 Å². The van der Waals surface area contributed by atoms with Crippen molar-refractivity contribution in [3.63, 3.8) is 0 Å². The predicted molar refractivity (Wildman–Crippen MR) is 73.5 cm³/mol. The standard InChI is InChI=1S/C15H21N3/c1-3-5-13-6-8-14(9-7-13)10-11-15-12-18(4-2)17-16-15/h6-9,12H,3-5,10-11H2,1-2H3. The molecule has 0 radical (unpaired) electrons. The van der Waals surface area contributed by atoms with Gasteiger partial charge in [-0.05, 0) is 37.3 Å². The molecular formula is C15H21N3. The smallest absolute Gasteiger partial charge is 0.0830 e. The molecule has 1 heterocycles. The number of aromatic nitrogens is 3. The second-order valence-corrected chi connectivity index (χ2v) is 4.63. The first-order valence-corrected chi connectivity index (χ1v) is 6.78. The maximum Gasteiger partial charge on any atom is 0.0830 e. The summed E-state index contributed by atoms with van der Waals surface area (Å²) in [7, 11) is 0. The average molecular weight is 243 g/mol. The van der Waals surface area contributed by atoms with Crippen molar-refractivity contribution in [2.24, 2.45) is 0 Å². The Balaban J connectivity index is 1.89. The van der Waals surface area contributed by atoms with Crippen molar-refractivity contribution in [2.75, 3.05) is 0 Å². The Morgan fingerprint density at radius 1 is 0.944 bits per heavy atom. The van der Waals surface area contributed by atoms with Crippen LogP contribution in [0, 0.1) is 0 Å². The molecule has 18 heavy (non-hydrogen) atoms. The van der Waals surface area contributed by atoms with E-state index in [-0.39, 0.29) is 0 Å². The van der Waals surface area contributed by atoms with Crippen LogP contribution >= 0.6 is 0 Å². The lowest BCUT2D eigenvalue weighted by molar-refractivity contribution is 0.626. The molecule has 0 fully saturated rings. The van der Waals surface area contributed by atoms with Crippen LogP contribution in [-0.2, 0) is 25.8 Å². The fourth-order valence-electron chi connectivity index (χ4n) is 2.04. The molecule has 0 atom stereocenters. The molecule has 3 heteroatoms. The van der Waals surface area contributed by atoms with Gasteiger partial charge in [-0.25, -0.2) is 0 Å². The summed E-state index contributed by atoms with van der Waals surface area (Å²) in [6, 6.07) is 8.94. The van der Waals surface area contributed by atoms with Gasteiger partial charge in [0.2, 0.25) is 0 Å². The van der Waals surface area contributed by atoms with E-state index in [0.29, 0.717) is 0 Å². The number of aryl methyl sites for hydroxylation is 4. The second-order valence-electron chi connectivity index (χ2n) is 4.63. The third kappa shape index (κ3) is 3.42. The number of rotatable bonds is 6. The van der Waals surface area contributed by atoms with Crippen molar-refractivity contribution >= 4 is 0 Å². The molecule has 0 saturated carbocycles. The molecule has 96 valence electrons. The lowest BCUT2D eigenvalue weighted by atomic mass is 10.0. The van der Waals surface area contributed by atoms with Crippen molar-refractivity contribution in [1.82, 2.24) is 15.0 Å². The minimum Gasteiger partial charge on any atom is -0.253 e. The molecule has 2 rings (SSSR count). The third-order valence-corrected chi connectivity index (χ3v) is 3.14. The lowest BCUT2D eigenvalue weighted by Gasteiger charge is -2.02. The Hall–Kier alpha value is -1.64. The van der Waals surface area contributed by atoms with E-state index in [9.17, 15) is 0 Å². The van der Waals surface area contributed by atoms with Crippen LogP contribution in [-0.4, -0.2) is 15.0 Å². The molecule has 2 aromatic rings. The first-order chi connectivity index (χ1) is 8.81. The van der Waals surface area contributed by atoms with E-state index in [1.165, 1.54) is 24.0 Å². The van der Waals surface area contributed by atoms with Crippen molar-refractivity contribution in [3.8, 4) is 0 Å². The molecular weight excluding hydrogens is 222 g/mol. The largest absolute Gasteiger partial charge is 0.253 e. The Morgan fingerprint density at radius 2 is 1.61 bits per heavy atom. The van der Waals surface area contributed by atoms with E-state index in [4.69, 9.17) is 0 Å². The van der Waals surface area contributed by atoms with E-state index in [2.05, 4.69) is 48.4 Å². The van der Waals surface area contributed by atoms with Crippen LogP contribution in [0.4, 0.5) is 0 Å². The zero-order valence-corrected chi connectivity index (χ0v) is 11.3. The van der Waals surface area contributed by atoms with Gasteiger partial charge in [-0.1, -0.05) is 42.8 Å². The Labute approximate surface area is 109 Å². The van der Waals surface area contributed by atoms with Gasteiger partial charge in [0.1, 0.15) is 0 Å². The van der Waals surface area contributed by atoms with Crippen molar-refractivity contribution in [1.29, 1.82) is 0 Å². The Morgan fingerprint density at radius 3 is 2.17 bits per heavy atom. The van der Waals surface area contributed by atoms with Crippen LogP contribution in [0.1, 0.15) is 37.1 Å². The highest BCUT2D eigenvalue weighted by molar-refractivity contribution is 5.23. The fourth-order valence-corrected chi connectivity index (χ4v) is 2.04. The monoisotopic (exact) mass is 243 g/mol. The van der Waals surface area contributed by atoms with Crippen molar-refractivity contribution < 1.29 is 0 Å². The van der Waals surface area contributed by atoms with Crippen LogP contribution < -0.4 is 0 Å². The SMILES string of the molecule is CCCc1ccc(CCc2cn(CC)nn2)cc1. The number of nitrogens with zero attached hydrogens (tertiary/aromatic N) is 3. The van der Waals surface area contributed by atoms with Crippen molar-refractivity contribution in [2.45, 2.75) is 46.1 Å². The van der Waals surface area contributed by atoms with Gasteiger partial charge >= 0.3 is 0 Å². The van der Waals surface area contributed by atoms with Gasteiger partial charge in [0, 0.05) is 12.7 Å². The second kappa shape index (κ2) is 6.34. The molecule has 0 aliphatic heterocycles. The van der Waals surface area contributed by atoms with Crippen LogP contribution in [0.3, 0.4) is 0 Å². The molecule has 1 aromatic carbocycles. The first-order valence-electron chi connectivity index (χ1n) is 6.78. The molecule has 0 unspecified atom stereocenters. The molecule has 0 saturated heterocycles. The summed E-state index contributed by atoms with van der Waals surface area (Å²) < 4.78 is 1.87. The van der Waals surface area contributed by atoms with E-state index >= 15 is 0 Å². The summed E-state index contributed by atoms with van der Waals surface area (Å²) in [5, 5.41) is 8.21. The van der Waals surface area contributed by atoms with Gasteiger partial charge in [0.15, 0.2) is 0 Å². The predicted octanol–water partition coefficient (Wildman–Crippen LogP) is 3.04. The number of benzene rings is 1. The minimum atomic E-state index is 0.888. The van der Waals surface area contributed by atoms with Crippen LogP contribution in [0.25, 0.3) is 0 Å². The summed E-state index contributed by atoms with van der Waals surface area (Å²) in [5.41, 5.74) is 3.88. The molecule has 0 spiro atoms. The molecule has 0 bridgehead atoms. The fraction of sp³-hybridized carbons (Fsp3) is 0.467. The van der Waals surface area contributed by atoms with E-state index in [1.807, 2.05) is 10.9 Å². The molecule has 1 aromatic heterocycles. The summed E-state index contributed by atoms with van der Waals surface area (Å²) in [4.78, 5) is 0. The lowest BCUT2D eigenvalue weighted by Crippen LogP contribution is -1.93. The van der Waals surface area contributed by atoms with Crippen molar-refractivity contribution in [3.05, 3.63) is 47.3 Å². The molecule has 0 N–H and O–H groups in total. The molecule has 0 aliphatic carbocycles. The van der Waals surface area contributed by atoms with Gasteiger partial charge in [-0.3, -0.25) is 4.68 Å². The summed E-state index contributed by atoms with van der Waals surface area (Å²) in [6.07, 6.45) is 6.41. The summed E-state index contributed by atoms with van der Waals surface area (Å²) in [5.74, 6) is 0. The first kappa shape index (κ1) is 12.8. The van der Waals surface area contributed by atoms with Gasteiger partial charge in [-0.2, -0.15) is 0 Å². The zero-order valence-electron chi connectivity index (χ0n) is 11.3. The topological polar surface area (TPSA) is 30.7 Å². The molecule has 3 nitrogen and oxygen atoms in total. The Kier molecular flexibility index (Phi) is 4.51. The Bertz CT molecular complexity index is 471. The van der Waals surface area contributed by atoms with E-state index < -0.39 is 0 Å². The number of hydrogen-bond acceptors (Lipinski definition) is 2. The maximum atomic E-state index is 4.16. The van der Waals surface area contributed by atoms with Gasteiger partial charge < -0.3 is 0 Å². The zero-order chi connectivity index (χ0) is 12.8. The molecule has 0 amide bonds. The summed E-state index contributed by atoms with van der Waals surface area (Å²) in [6.45, 7) is 5.18. The quantitative estimate of drug-likeness (QED) is 0.780. The minimum absolute atomic E-state index is 0.888. The van der Waals surface area contributed by atoms with Gasteiger partial charge in [-0.15, -0.1) is 5.10 Å². The molecule has 0 aliphatic rings. The highest BCUT2D eigenvalue weighted by Gasteiger charge is 2.01. The normalized spacial score (nSPS) is 10.8. The van der Waals surface area contributed by atoms with E-state index in [0.717, 1.165) is 25.1 Å². The number of hydrogen-bond donors (Lipinski definition) is 0.